The van der Waals surface area contributed by atoms with E-state index in [1.54, 1.807) is 0 Å². The van der Waals surface area contributed by atoms with E-state index in [2.05, 4.69) is 25.8 Å². The van der Waals surface area contributed by atoms with Gasteiger partial charge in [0.15, 0.2) is 20.2 Å². The number of ether oxygens (including phenoxy) is 1. The summed E-state index contributed by atoms with van der Waals surface area (Å²) in [5, 5.41) is 10.3. The molecule has 1 aromatic heterocycles. The molecule has 1 aliphatic heterocycles. The molecule has 9 heteroatoms. The molecule has 7 nitrogen and oxygen atoms in total. The lowest BCUT2D eigenvalue weighted by Crippen LogP contribution is -2.46. The summed E-state index contributed by atoms with van der Waals surface area (Å²) in [5.41, 5.74) is -3.58. The highest BCUT2D eigenvalue weighted by Gasteiger charge is 2.55. The molecule has 0 aliphatic carbocycles. The fourth-order valence-corrected chi connectivity index (χ4v) is 3.48. The van der Waals surface area contributed by atoms with Crippen LogP contribution in [0.2, 0.25) is 18.1 Å². The van der Waals surface area contributed by atoms with Crippen LogP contribution in [0.3, 0.4) is 0 Å². The molecule has 1 aromatic rings. The first-order chi connectivity index (χ1) is 11.3. The zero-order valence-corrected chi connectivity index (χ0v) is 16.5. The van der Waals surface area contributed by atoms with Gasteiger partial charge < -0.3 is 14.3 Å². The summed E-state index contributed by atoms with van der Waals surface area (Å²) >= 11 is 0. The fraction of sp³-hybridized carbons (Fsp3) is 0.750. The fourth-order valence-electron chi connectivity index (χ4n) is 2.47. The molecule has 142 valence electrons. The molecule has 1 fully saturated rings. The molecule has 1 aliphatic rings. The van der Waals surface area contributed by atoms with Crippen molar-refractivity contribution in [2.24, 2.45) is 0 Å². The molecular formula is C16H27FN2O5Si. The minimum Gasteiger partial charge on any atom is -0.414 e. The summed E-state index contributed by atoms with van der Waals surface area (Å²) in [6.07, 6.45) is -2.55. The van der Waals surface area contributed by atoms with Gasteiger partial charge in [-0.25, -0.2) is 9.18 Å². The molecule has 2 rings (SSSR count). The summed E-state index contributed by atoms with van der Waals surface area (Å²) in [4.78, 5) is 25.2. The molecular weight excluding hydrogens is 347 g/mol. The van der Waals surface area contributed by atoms with Crippen LogP contribution >= 0.6 is 0 Å². The second-order valence-corrected chi connectivity index (χ2v) is 13.0. The van der Waals surface area contributed by atoms with Crippen molar-refractivity contribution >= 4 is 8.32 Å². The number of aliphatic hydroxyl groups excluding tert-OH is 1. The van der Waals surface area contributed by atoms with Crippen molar-refractivity contribution in [2.75, 3.05) is 6.61 Å². The van der Waals surface area contributed by atoms with Gasteiger partial charge in [0.25, 0.3) is 5.56 Å². The first-order valence-electron chi connectivity index (χ1n) is 8.25. The second-order valence-electron chi connectivity index (χ2n) is 8.21. The number of nitrogens with zero attached hydrogens (tertiary/aromatic N) is 1. The molecule has 0 spiro atoms. The Morgan fingerprint density at radius 2 is 2.04 bits per heavy atom. The van der Waals surface area contributed by atoms with Gasteiger partial charge in [-0.15, -0.1) is 0 Å². The van der Waals surface area contributed by atoms with Crippen molar-refractivity contribution in [3.05, 3.63) is 33.1 Å². The highest BCUT2D eigenvalue weighted by atomic mass is 28.4. The molecule has 0 radical (unpaired) electrons. The van der Waals surface area contributed by atoms with Crippen LogP contribution in [0.4, 0.5) is 4.39 Å². The van der Waals surface area contributed by atoms with Crippen molar-refractivity contribution in [3.63, 3.8) is 0 Å². The standard InChI is InChI=1S/C16H27FN2O5Si/c1-15(2,3)25(5,6)23-9-10-12(21)16(4,17)13(24-10)19-8-7-11(20)18-14(19)22/h7-8,10,12-13,21H,9H2,1-6H3,(H,18,20,22)/t10?,12-,13?,16-/m1/s1. The Labute approximate surface area is 146 Å². The Bertz CT molecular complexity index is 737. The Morgan fingerprint density at radius 1 is 1.44 bits per heavy atom. The number of aromatic amines is 1. The molecule has 0 aromatic carbocycles. The number of alkyl halides is 1. The van der Waals surface area contributed by atoms with E-state index in [1.165, 1.54) is 6.92 Å². The third-order valence-corrected chi connectivity index (χ3v) is 9.74. The zero-order valence-electron chi connectivity index (χ0n) is 15.5. The molecule has 0 bridgehead atoms. The number of nitrogens with one attached hydrogen (secondary N) is 1. The van der Waals surface area contributed by atoms with Crippen LogP contribution in [-0.2, 0) is 9.16 Å². The molecule has 25 heavy (non-hydrogen) atoms. The zero-order chi connectivity index (χ0) is 19.2. The van der Waals surface area contributed by atoms with Crippen LogP contribution in [0.1, 0.15) is 33.9 Å². The molecule has 4 atom stereocenters. The third-order valence-electron chi connectivity index (χ3n) is 5.24. The summed E-state index contributed by atoms with van der Waals surface area (Å²) < 4.78 is 27.6. The predicted octanol–water partition coefficient (Wildman–Crippen LogP) is 1.54. The lowest BCUT2D eigenvalue weighted by atomic mass is 9.98. The second kappa shape index (κ2) is 6.46. The summed E-state index contributed by atoms with van der Waals surface area (Å²) in [6.45, 7) is 11.5. The van der Waals surface area contributed by atoms with Crippen molar-refractivity contribution in [2.45, 2.75) is 69.9 Å². The number of H-pyrrole nitrogens is 1. The number of hydrogen-bond donors (Lipinski definition) is 2. The minimum atomic E-state index is -2.20. The number of aromatic nitrogens is 2. The number of halogens is 1. The molecule has 0 saturated carbocycles. The Balaban J connectivity index is 2.22. The van der Waals surface area contributed by atoms with Crippen LogP contribution in [-0.4, -0.2) is 47.5 Å². The van der Waals surface area contributed by atoms with Crippen LogP contribution in [0.15, 0.2) is 21.9 Å². The van der Waals surface area contributed by atoms with E-state index in [1.807, 2.05) is 13.1 Å². The molecule has 0 amide bonds. The number of aliphatic hydroxyl groups is 1. The van der Waals surface area contributed by atoms with E-state index in [-0.39, 0.29) is 11.6 Å². The maximum atomic E-state index is 15.1. The summed E-state index contributed by atoms with van der Waals surface area (Å²) in [7, 11) is -2.10. The van der Waals surface area contributed by atoms with Gasteiger partial charge in [-0.3, -0.25) is 14.3 Å². The Hall–Kier alpha value is -1.29. The third kappa shape index (κ3) is 3.79. The highest BCUT2D eigenvalue weighted by molar-refractivity contribution is 6.74. The molecule has 2 unspecified atom stereocenters. The summed E-state index contributed by atoms with van der Waals surface area (Å²) in [5.74, 6) is 0. The molecule has 2 heterocycles. The Kier molecular flexibility index (Phi) is 5.17. The number of hydrogen-bond acceptors (Lipinski definition) is 5. The maximum absolute atomic E-state index is 15.1. The van der Waals surface area contributed by atoms with Gasteiger partial charge in [0.2, 0.25) is 0 Å². The van der Waals surface area contributed by atoms with Gasteiger partial charge in [-0.1, -0.05) is 20.8 Å². The first-order valence-corrected chi connectivity index (χ1v) is 11.2. The monoisotopic (exact) mass is 374 g/mol. The molecule has 2 N–H and O–H groups in total. The van der Waals surface area contributed by atoms with Gasteiger partial charge in [-0.05, 0) is 25.1 Å². The van der Waals surface area contributed by atoms with E-state index in [4.69, 9.17) is 9.16 Å². The van der Waals surface area contributed by atoms with E-state index < -0.39 is 43.7 Å². The van der Waals surface area contributed by atoms with Crippen molar-refractivity contribution in [1.29, 1.82) is 0 Å². The van der Waals surface area contributed by atoms with E-state index in [0.717, 1.165) is 16.8 Å². The smallest absolute Gasteiger partial charge is 0.330 e. The Morgan fingerprint density at radius 3 is 2.56 bits per heavy atom. The maximum Gasteiger partial charge on any atom is 0.330 e. The largest absolute Gasteiger partial charge is 0.414 e. The predicted molar refractivity (Wildman–Crippen MR) is 93.9 cm³/mol. The average molecular weight is 374 g/mol. The van der Waals surface area contributed by atoms with Gasteiger partial charge in [-0.2, -0.15) is 0 Å². The van der Waals surface area contributed by atoms with Gasteiger partial charge in [0, 0.05) is 12.3 Å². The normalized spacial score (nSPS) is 30.6. The minimum absolute atomic E-state index is 0.0335. The first kappa shape index (κ1) is 20.0. The van der Waals surface area contributed by atoms with Crippen LogP contribution in [0.5, 0.6) is 0 Å². The van der Waals surface area contributed by atoms with Crippen LogP contribution in [0.25, 0.3) is 0 Å². The molecule has 1 saturated heterocycles. The summed E-state index contributed by atoms with van der Waals surface area (Å²) in [6, 6.07) is 1.10. The van der Waals surface area contributed by atoms with Crippen LogP contribution in [0, 0.1) is 0 Å². The van der Waals surface area contributed by atoms with E-state index >= 15 is 4.39 Å². The quantitative estimate of drug-likeness (QED) is 0.780. The topological polar surface area (TPSA) is 93.5 Å². The van der Waals surface area contributed by atoms with Gasteiger partial charge >= 0.3 is 5.69 Å². The van der Waals surface area contributed by atoms with E-state index in [0.29, 0.717) is 0 Å². The van der Waals surface area contributed by atoms with Crippen LogP contribution < -0.4 is 11.2 Å². The number of rotatable bonds is 4. The van der Waals surface area contributed by atoms with Gasteiger partial charge in [0.05, 0.1) is 6.61 Å². The lowest BCUT2D eigenvalue weighted by Gasteiger charge is -2.37. The highest BCUT2D eigenvalue weighted by Crippen LogP contribution is 2.42. The average Bonchev–Trinajstić information content (AvgIpc) is 2.67. The van der Waals surface area contributed by atoms with Crippen molar-refractivity contribution < 1.29 is 18.7 Å². The van der Waals surface area contributed by atoms with Crippen molar-refractivity contribution in [3.8, 4) is 0 Å². The van der Waals surface area contributed by atoms with E-state index in [9.17, 15) is 14.7 Å². The SMILES string of the molecule is CC(C)(C)[Si](C)(C)OCC1OC(n2ccc(=O)[nH]c2=O)[C@](C)(F)[C@@H]1O. The van der Waals surface area contributed by atoms with Gasteiger partial charge in [0.1, 0.15) is 12.2 Å². The van der Waals surface area contributed by atoms with Crippen molar-refractivity contribution in [1.82, 2.24) is 9.55 Å². The lowest BCUT2D eigenvalue weighted by molar-refractivity contribution is -0.0597.